The van der Waals surface area contributed by atoms with E-state index in [2.05, 4.69) is 0 Å². The number of hydrogen-bond donors (Lipinski definition) is 0. The van der Waals surface area contributed by atoms with E-state index >= 15 is 0 Å². The predicted octanol–water partition coefficient (Wildman–Crippen LogP) is 2.13. The summed E-state index contributed by atoms with van der Waals surface area (Å²) < 4.78 is 43.5. The maximum absolute atomic E-state index is 13.4. The lowest BCUT2D eigenvalue weighted by Gasteiger charge is -2.34. The van der Waals surface area contributed by atoms with Crippen LogP contribution in [0.2, 0.25) is 0 Å². The summed E-state index contributed by atoms with van der Waals surface area (Å²) in [6.45, 7) is 1.60. The van der Waals surface area contributed by atoms with E-state index in [-0.39, 0.29) is 17.2 Å². The molecule has 0 N–H and O–H groups in total. The Kier molecular flexibility index (Phi) is 4.78. The molecule has 1 aliphatic rings. The Bertz CT molecular complexity index is 940. The average Bonchev–Trinajstić information content (AvgIpc) is 2.66. The standard InChI is InChI=1S/C18H19NO6S/c1-12-8-9-15(23-2)17(10-12)26(21,22)19-11-16(18(20)24-3)25-14-7-5-4-6-13(14)19/h4-10,16H,11H2,1-3H3/t16-/m0/s1. The number of para-hydroxylation sites is 2. The number of ether oxygens (including phenoxy) is 3. The Hall–Kier alpha value is -2.74. The van der Waals surface area contributed by atoms with E-state index in [1.165, 1.54) is 14.2 Å². The molecule has 2 aromatic carbocycles. The van der Waals surface area contributed by atoms with Crippen molar-refractivity contribution in [3.63, 3.8) is 0 Å². The van der Waals surface area contributed by atoms with E-state index < -0.39 is 22.1 Å². The minimum absolute atomic E-state index is 0.0281. The Labute approximate surface area is 152 Å². The van der Waals surface area contributed by atoms with E-state index in [0.29, 0.717) is 11.4 Å². The van der Waals surface area contributed by atoms with Crippen molar-refractivity contribution in [3.8, 4) is 11.5 Å². The van der Waals surface area contributed by atoms with E-state index in [0.717, 1.165) is 9.87 Å². The summed E-state index contributed by atoms with van der Waals surface area (Å²) in [5.41, 5.74) is 1.13. The highest BCUT2D eigenvalue weighted by Crippen LogP contribution is 2.38. The molecule has 0 aliphatic carbocycles. The van der Waals surface area contributed by atoms with Gasteiger partial charge in [-0.05, 0) is 36.8 Å². The van der Waals surface area contributed by atoms with Crippen LogP contribution in [0.15, 0.2) is 47.4 Å². The van der Waals surface area contributed by atoms with Gasteiger partial charge in [0.05, 0.1) is 26.5 Å². The number of benzene rings is 2. The first-order chi connectivity index (χ1) is 12.4. The second-order valence-electron chi connectivity index (χ2n) is 5.79. The summed E-state index contributed by atoms with van der Waals surface area (Å²) in [4.78, 5) is 12.0. The van der Waals surface area contributed by atoms with Crippen LogP contribution < -0.4 is 13.8 Å². The number of rotatable bonds is 4. The van der Waals surface area contributed by atoms with Crippen molar-refractivity contribution in [3.05, 3.63) is 48.0 Å². The van der Waals surface area contributed by atoms with Crippen LogP contribution in [0, 0.1) is 6.92 Å². The molecule has 0 bridgehead atoms. The van der Waals surface area contributed by atoms with Crippen molar-refractivity contribution < 1.29 is 27.4 Å². The Morgan fingerprint density at radius 1 is 1.19 bits per heavy atom. The quantitative estimate of drug-likeness (QED) is 0.759. The summed E-state index contributed by atoms with van der Waals surface area (Å²) >= 11 is 0. The number of fused-ring (bicyclic) bond motifs is 1. The Balaban J connectivity index is 2.14. The fraction of sp³-hybridized carbons (Fsp3) is 0.278. The lowest BCUT2D eigenvalue weighted by Crippen LogP contribution is -2.47. The molecule has 0 fully saturated rings. The van der Waals surface area contributed by atoms with Crippen molar-refractivity contribution in [1.82, 2.24) is 0 Å². The molecule has 1 atom stereocenters. The van der Waals surface area contributed by atoms with Gasteiger partial charge >= 0.3 is 5.97 Å². The molecular formula is C18H19NO6S. The Morgan fingerprint density at radius 3 is 2.62 bits per heavy atom. The van der Waals surface area contributed by atoms with Crippen LogP contribution in [0.5, 0.6) is 11.5 Å². The third kappa shape index (κ3) is 3.08. The van der Waals surface area contributed by atoms with Gasteiger partial charge in [-0.15, -0.1) is 0 Å². The van der Waals surface area contributed by atoms with Crippen molar-refractivity contribution in [2.75, 3.05) is 25.1 Å². The van der Waals surface area contributed by atoms with Crippen LogP contribution in [0.1, 0.15) is 5.56 Å². The van der Waals surface area contributed by atoms with Gasteiger partial charge in [0.1, 0.15) is 16.4 Å². The van der Waals surface area contributed by atoms with Crippen LogP contribution in [0.4, 0.5) is 5.69 Å². The van der Waals surface area contributed by atoms with E-state index in [1.807, 2.05) is 0 Å². The number of methoxy groups -OCH3 is 2. The minimum atomic E-state index is -3.99. The van der Waals surface area contributed by atoms with Crippen LogP contribution in [-0.2, 0) is 19.6 Å². The van der Waals surface area contributed by atoms with Crippen molar-refractivity contribution in [2.45, 2.75) is 17.9 Å². The highest BCUT2D eigenvalue weighted by atomic mass is 32.2. The van der Waals surface area contributed by atoms with Crippen LogP contribution in [0.25, 0.3) is 0 Å². The molecule has 0 unspecified atom stereocenters. The zero-order chi connectivity index (χ0) is 18.9. The highest BCUT2D eigenvalue weighted by Gasteiger charge is 2.39. The number of esters is 1. The number of aryl methyl sites for hydroxylation is 1. The SMILES string of the molecule is COC(=O)[C@@H]1CN(S(=O)(=O)c2cc(C)ccc2OC)c2ccccc2O1. The van der Waals surface area contributed by atoms with Crippen molar-refractivity contribution in [2.24, 2.45) is 0 Å². The molecule has 138 valence electrons. The summed E-state index contributed by atoms with van der Waals surface area (Å²) in [6, 6.07) is 11.6. The van der Waals surface area contributed by atoms with Crippen molar-refractivity contribution in [1.29, 1.82) is 0 Å². The van der Waals surface area contributed by atoms with E-state index in [9.17, 15) is 13.2 Å². The first-order valence-electron chi connectivity index (χ1n) is 7.89. The molecule has 7 nitrogen and oxygen atoms in total. The number of carbonyl (C=O) groups excluding carboxylic acids is 1. The van der Waals surface area contributed by atoms with Crippen LogP contribution in [-0.4, -0.2) is 41.3 Å². The maximum atomic E-state index is 13.4. The second kappa shape index (κ2) is 6.87. The molecular weight excluding hydrogens is 358 g/mol. The fourth-order valence-electron chi connectivity index (χ4n) is 2.79. The number of hydrogen-bond acceptors (Lipinski definition) is 6. The number of nitrogens with zero attached hydrogens (tertiary/aromatic N) is 1. The first kappa shape index (κ1) is 18.1. The van der Waals surface area contributed by atoms with Crippen molar-refractivity contribution >= 4 is 21.7 Å². The van der Waals surface area contributed by atoms with Gasteiger partial charge in [0.25, 0.3) is 10.0 Å². The molecule has 0 radical (unpaired) electrons. The molecule has 3 rings (SSSR count). The lowest BCUT2D eigenvalue weighted by atomic mass is 10.2. The molecule has 0 saturated carbocycles. The van der Waals surface area contributed by atoms with Crippen LogP contribution in [0.3, 0.4) is 0 Å². The minimum Gasteiger partial charge on any atom is -0.495 e. The van der Waals surface area contributed by atoms with Gasteiger partial charge in [0.15, 0.2) is 0 Å². The molecule has 0 saturated heterocycles. The average molecular weight is 377 g/mol. The molecule has 8 heteroatoms. The van der Waals surface area contributed by atoms with Gasteiger partial charge in [-0.2, -0.15) is 0 Å². The Morgan fingerprint density at radius 2 is 1.92 bits per heavy atom. The molecule has 0 amide bonds. The van der Waals surface area contributed by atoms with Gasteiger partial charge in [0, 0.05) is 0 Å². The van der Waals surface area contributed by atoms with Gasteiger partial charge in [-0.1, -0.05) is 18.2 Å². The smallest absolute Gasteiger partial charge is 0.348 e. The number of anilines is 1. The topological polar surface area (TPSA) is 82.1 Å². The van der Waals surface area contributed by atoms with Gasteiger partial charge in [-0.25, -0.2) is 13.2 Å². The fourth-order valence-corrected chi connectivity index (χ4v) is 4.51. The monoisotopic (exact) mass is 377 g/mol. The normalized spacial score (nSPS) is 16.4. The number of sulfonamides is 1. The summed E-state index contributed by atoms with van der Waals surface area (Å²) in [5.74, 6) is -0.116. The molecule has 1 aliphatic heterocycles. The zero-order valence-electron chi connectivity index (χ0n) is 14.6. The zero-order valence-corrected chi connectivity index (χ0v) is 15.4. The third-order valence-electron chi connectivity index (χ3n) is 4.09. The van der Waals surface area contributed by atoms with E-state index in [4.69, 9.17) is 14.2 Å². The van der Waals surface area contributed by atoms with Gasteiger partial charge in [-0.3, -0.25) is 4.31 Å². The van der Waals surface area contributed by atoms with Crippen LogP contribution >= 0.6 is 0 Å². The molecule has 2 aromatic rings. The summed E-state index contributed by atoms with van der Waals surface area (Å²) in [7, 11) is -1.35. The highest BCUT2D eigenvalue weighted by molar-refractivity contribution is 7.93. The summed E-state index contributed by atoms with van der Waals surface area (Å²) in [5, 5.41) is 0. The van der Waals surface area contributed by atoms with Gasteiger partial charge < -0.3 is 14.2 Å². The van der Waals surface area contributed by atoms with E-state index in [1.54, 1.807) is 49.4 Å². The first-order valence-corrected chi connectivity index (χ1v) is 9.33. The molecule has 26 heavy (non-hydrogen) atoms. The number of carbonyl (C=O) groups is 1. The lowest BCUT2D eigenvalue weighted by molar-refractivity contribution is -0.148. The molecule has 1 heterocycles. The maximum Gasteiger partial charge on any atom is 0.348 e. The third-order valence-corrected chi connectivity index (χ3v) is 5.89. The second-order valence-corrected chi connectivity index (χ2v) is 7.62. The summed E-state index contributed by atoms with van der Waals surface area (Å²) in [6.07, 6.45) is -1.06. The largest absolute Gasteiger partial charge is 0.495 e. The molecule has 0 aromatic heterocycles. The van der Waals surface area contributed by atoms with Gasteiger partial charge in [0.2, 0.25) is 6.10 Å². The predicted molar refractivity (Wildman–Crippen MR) is 95.1 cm³/mol. The molecule has 0 spiro atoms.